The van der Waals surface area contributed by atoms with Gasteiger partial charge in [0, 0.05) is 3.57 Å². The van der Waals surface area contributed by atoms with Gasteiger partial charge in [-0.3, -0.25) is 4.79 Å². The number of hydrogen-bond donors (Lipinski definition) is 1. The molecular weight excluding hydrogens is 523 g/mol. The molecule has 0 aliphatic rings. The van der Waals surface area contributed by atoms with E-state index in [4.69, 9.17) is 13.9 Å². The van der Waals surface area contributed by atoms with Gasteiger partial charge in [-0.25, -0.2) is 4.79 Å². The van der Waals surface area contributed by atoms with Gasteiger partial charge < -0.3 is 19.2 Å². The van der Waals surface area contributed by atoms with Crippen LogP contribution in [0.2, 0.25) is 0 Å². The molecule has 2 aromatic carbocycles. The van der Waals surface area contributed by atoms with Crippen LogP contribution >= 0.6 is 22.6 Å². The Bertz CT molecular complexity index is 1180. The van der Waals surface area contributed by atoms with Crippen LogP contribution in [0.4, 0.5) is 0 Å². The van der Waals surface area contributed by atoms with E-state index in [-0.39, 0.29) is 17.9 Å². The zero-order valence-electron chi connectivity index (χ0n) is 17.1. The highest BCUT2D eigenvalue weighted by Crippen LogP contribution is 2.30. The van der Waals surface area contributed by atoms with Crippen LogP contribution in [0.5, 0.6) is 11.5 Å². The van der Waals surface area contributed by atoms with Gasteiger partial charge in [-0.2, -0.15) is 5.26 Å². The van der Waals surface area contributed by atoms with E-state index >= 15 is 0 Å². The van der Waals surface area contributed by atoms with Gasteiger partial charge in [-0.1, -0.05) is 18.2 Å². The monoisotopic (exact) mass is 542 g/mol. The van der Waals surface area contributed by atoms with Crippen molar-refractivity contribution in [3.63, 3.8) is 0 Å². The van der Waals surface area contributed by atoms with Crippen molar-refractivity contribution in [1.29, 1.82) is 5.26 Å². The number of carbonyl (C=O) groups excluding carboxylic acids is 2. The third-order valence-electron chi connectivity index (χ3n) is 4.24. The normalized spacial score (nSPS) is 10.8. The number of amides is 1. The fourth-order valence-corrected chi connectivity index (χ4v) is 3.35. The van der Waals surface area contributed by atoms with E-state index in [9.17, 15) is 14.9 Å². The summed E-state index contributed by atoms with van der Waals surface area (Å²) in [7, 11) is 0. The highest BCUT2D eigenvalue weighted by atomic mass is 127. The Morgan fingerprint density at radius 3 is 2.66 bits per heavy atom. The SMILES string of the molecule is CCOc1cc(/C=C(\C#N)C(=O)NCc2ccco2)ccc1OC(=O)c1ccccc1I. The molecule has 0 spiro atoms. The Morgan fingerprint density at radius 1 is 1.16 bits per heavy atom. The first-order chi connectivity index (χ1) is 15.5. The van der Waals surface area contributed by atoms with Gasteiger partial charge in [0.1, 0.15) is 17.4 Å². The van der Waals surface area contributed by atoms with Crippen molar-refractivity contribution in [3.8, 4) is 17.6 Å². The molecule has 162 valence electrons. The van der Waals surface area contributed by atoms with Gasteiger partial charge in [0.15, 0.2) is 11.5 Å². The third kappa shape index (κ3) is 5.98. The predicted molar refractivity (Wildman–Crippen MR) is 126 cm³/mol. The first kappa shape index (κ1) is 23.1. The maximum absolute atomic E-state index is 12.6. The van der Waals surface area contributed by atoms with E-state index in [0.29, 0.717) is 29.2 Å². The molecule has 0 aliphatic heterocycles. The second-order valence-electron chi connectivity index (χ2n) is 6.44. The number of ether oxygens (including phenoxy) is 2. The minimum Gasteiger partial charge on any atom is -0.490 e. The lowest BCUT2D eigenvalue weighted by molar-refractivity contribution is -0.117. The van der Waals surface area contributed by atoms with Crippen LogP contribution in [0.15, 0.2) is 70.9 Å². The van der Waals surface area contributed by atoms with E-state index in [2.05, 4.69) is 27.9 Å². The Kier molecular flexibility index (Phi) is 8.05. The van der Waals surface area contributed by atoms with E-state index < -0.39 is 11.9 Å². The smallest absolute Gasteiger partial charge is 0.344 e. The van der Waals surface area contributed by atoms with Gasteiger partial charge in [0.25, 0.3) is 5.91 Å². The van der Waals surface area contributed by atoms with Crippen LogP contribution in [0, 0.1) is 14.9 Å². The summed E-state index contributed by atoms with van der Waals surface area (Å²) in [4.78, 5) is 24.9. The number of halogens is 1. The summed E-state index contributed by atoms with van der Waals surface area (Å²) in [5.41, 5.74) is 0.911. The van der Waals surface area contributed by atoms with E-state index in [1.54, 1.807) is 49.4 Å². The molecule has 0 atom stereocenters. The van der Waals surface area contributed by atoms with Gasteiger partial charge in [0.05, 0.1) is 25.0 Å². The quantitative estimate of drug-likeness (QED) is 0.145. The lowest BCUT2D eigenvalue weighted by Gasteiger charge is -2.12. The largest absolute Gasteiger partial charge is 0.490 e. The summed E-state index contributed by atoms with van der Waals surface area (Å²) in [5, 5.41) is 12.0. The number of carbonyl (C=O) groups is 2. The van der Waals surface area contributed by atoms with E-state index in [1.807, 2.05) is 18.2 Å². The van der Waals surface area contributed by atoms with Crippen LogP contribution in [-0.2, 0) is 11.3 Å². The van der Waals surface area contributed by atoms with Crippen LogP contribution in [-0.4, -0.2) is 18.5 Å². The third-order valence-corrected chi connectivity index (χ3v) is 5.18. The Balaban J connectivity index is 1.79. The standard InChI is InChI=1S/C24H19IN2O5/c1-2-30-22-13-16(12-17(14-26)23(28)27-15-18-6-5-11-31-18)9-10-21(22)32-24(29)19-7-3-4-8-20(19)25/h3-13H,2,15H2,1H3,(H,27,28)/b17-12+. The molecule has 0 aliphatic carbocycles. The van der Waals surface area contributed by atoms with Crippen molar-refractivity contribution in [2.75, 3.05) is 6.61 Å². The van der Waals surface area contributed by atoms with E-state index in [1.165, 1.54) is 12.3 Å². The molecule has 0 bridgehead atoms. The number of benzene rings is 2. The molecule has 3 rings (SSSR count). The number of nitrogens with one attached hydrogen (secondary N) is 1. The molecular formula is C24H19IN2O5. The van der Waals surface area contributed by atoms with Crippen molar-refractivity contribution < 1.29 is 23.5 Å². The molecule has 1 aromatic heterocycles. The van der Waals surface area contributed by atoms with Gasteiger partial charge >= 0.3 is 5.97 Å². The lowest BCUT2D eigenvalue weighted by Crippen LogP contribution is -2.23. The first-order valence-corrected chi connectivity index (χ1v) is 10.8. The fraction of sp³-hybridized carbons (Fsp3) is 0.125. The number of nitriles is 1. The summed E-state index contributed by atoms with van der Waals surface area (Å²) in [6, 6.07) is 17.2. The predicted octanol–water partition coefficient (Wildman–Crippen LogP) is 4.73. The van der Waals surface area contributed by atoms with Gasteiger partial charge in [0.2, 0.25) is 0 Å². The number of rotatable bonds is 8. The molecule has 8 heteroatoms. The van der Waals surface area contributed by atoms with Crippen molar-refractivity contribution in [3.05, 3.63) is 86.9 Å². The number of esters is 1. The highest BCUT2D eigenvalue weighted by molar-refractivity contribution is 14.1. The van der Waals surface area contributed by atoms with E-state index in [0.717, 1.165) is 3.57 Å². The van der Waals surface area contributed by atoms with Crippen molar-refractivity contribution >= 4 is 40.5 Å². The maximum Gasteiger partial charge on any atom is 0.344 e. The summed E-state index contributed by atoms with van der Waals surface area (Å²) >= 11 is 2.07. The second-order valence-corrected chi connectivity index (χ2v) is 7.60. The summed E-state index contributed by atoms with van der Waals surface area (Å²) in [5.74, 6) is 0.113. The summed E-state index contributed by atoms with van der Waals surface area (Å²) < 4.78 is 17.1. The molecule has 0 fully saturated rings. The van der Waals surface area contributed by atoms with Crippen molar-refractivity contribution in [2.24, 2.45) is 0 Å². The van der Waals surface area contributed by atoms with Crippen LogP contribution < -0.4 is 14.8 Å². The average molecular weight is 542 g/mol. The molecule has 0 radical (unpaired) electrons. The van der Waals surface area contributed by atoms with Crippen LogP contribution in [0.25, 0.3) is 6.08 Å². The molecule has 0 unspecified atom stereocenters. The highest BCUT2D eigenvalue weighted by Gasteiger charge is 2.16. The summed E-state index contributed by atoms with van der Waals surface area (Å²) in [6.07, 6.45) is 2.94. The molecule has 1 amide bonds. The fourth-order valence-electron chi connectivity index (χ4n) is 2.74. The minimum atomic E-state index is -0.531. The van der Waals surface area contributed by atoms with Gasteiger partial charge in [-0.15, -0.1) is 0 Å². The van der Waals surface area contributed by atoms with Crippen molar-refractivity contribution in [2.45, 2.75) is 13.5 Å². The number of furan rings is 1. The zero-order chi connectivity index (χ0) is 22.9. The maximum atomic E-state index is 12.6. The molecule has 32 heavy (non-hydrogen) atoms. The van der Waals surface area contributed by atoms with Crippen molar-refractivity contribution in [1.82, 2.24) is 5.32 Å². The first-order valence-electron chi connectivity index (χ1n) is 9.67. The second kappa shape index (κ2) is 11.2. The Hall–Kier alpha value is -3.58. The topological polar surface area (TPSA) is 102 Å². The number of hydrogen-bond acceptors (Lipinski definition) is 6. The summed E-state index contributed by atoms with van der Waals surface area (Å²) in [6.45, 7) is 2.31. The van der Waals surface area contributed by atoms with Crippen LogP contribution in [0.3, 0.4) is 0 Å². The minimum absolute atomic E-state index is 0.0809. The number of nitrogens with zero attached hydrogens (tertiary/aromatic N) is 1. The van der Waals surface area contributed by atoms with Crippen LogP contribution in [0.1, 0.15) is 28.6 Å². The molecule has 1 heterocycles. The lowest BCUT2D eigenvalue weighted by atomic mass is 10.1. The Labute approximate surface area is 198 Å². The Morgan fingerprint density at radius 2 is 1.97 bits per heavy atom. The molecule has 0 saturated carbocycles. The average Bonchev–Trinajstić information content (AvgIpc) is 3.31. The van der Waals surface area contributed by atoms with Gasteiger partial charge in [-0.05, 0) is 77.6 Å². The molecule has 0 saturated heterocycles. The molecule has 1 N–H and O–H groups in total. The molecule has 7 nitrogen and oxygen atoms in total. The molecule has 3 aromatic rings. The zero-order valence-corrected chi connectivity index (χ0v) is 19.3.